The quantitative estimate of drug-likeness (QED) is 0.142. The van der Waals surface area contributed by atoms with Crippen LogP contribution in [0.4, 0.5) is 0 Å². The molecular formula is C30H39NO7. The third-order valence-corrected chi connectivity index (χ3v) is 6.27. The van der Waals surface area contributed by atoms with Crippen molar-refractivity contribution < 1.29 is 33.6 Å². The van der Waals surface area contributed by atoms with Gasteiger partial charge < -0.3 is 29.0 Å². The number of hydrogen-bond donors (Lipinski definition) is 1. The molecule has 1 heterocycles. The Morgan fingerprint density at radius 3 is 2.29 bits per heavy atom. The first-order valence-electron chi connectivity index (χ1n) is 13.4. The van der Waals surface area contributed by atoms with Crippen molar-refractivity contribution in [3.8, 4) is 17.2 Å². The lowest BCUT2D eigenvalue weighted by Crippen LogP contribution is -2.32. The van der Waals surface area contributed by atoms with E-state index in [2.05, 4.69) is 6.92 Å². The molecule has 1 amide bonds. The number of nitrogens with zero attached hydrogens (tertiary/aromatic N) is 1. The van der Waals surface area contributed by atoms with Gasteiger partial charge in [-0.05, 0) is 61.7 Å². The Hall–Kier alpha value is -3.52. The van der Waals surface area contributed by atoms with Gasteiger partial charge in [0.25, 0.3) is 11.7 Å². The summed E-state index contributed by atoms with van der Waals surface area (Å²) in [5, 5.41) is 11.3. The smallest absolute Gasteiger partial charge is 0.295 e. The molecule has 1 N–H and O–H groups in total. The molecular weight excluding hydrogens is 486 g/mol. The lowest BCUT2D eigenvalue weighted by atomic mass is 9.95. The van der Waals surface area contributed by atoms with Crippen molar-refractivity contribution in [1.29, 1.82) is 0 Å². The van der Waals surface area contributed by atoms with Gasteiger partial charge in [0.05, 0.1) is 38.0 Å². The van der Waals surface area contributed by atoms with E-state index in [4.69, 9.17) is 18.9 Å². The summed E-state index contributed by atoms with van der Waals surface area (Å²) in [6, 6.07) is 11.4. The first-order chi connectivity index (χ1) is 18.5. The van der Waals surface area contributed by atoms with E-state index < -0.39 is 17.7 Å². The molecule has 3 rings (SSSR count). The number of hydrogen-bond acceptors (Lipinski definition) is 7. The topological polar surface area (TPSA) is 94.5 Å². The van der Waals surface area contributed by atoms with Gasteiger partial charge in [-0.25, -0.2) is 0 Å². The predicted molar refractivity (Wildman–Crippen MR) is 146 cm³/mol. The van der Waals surface area contributed by atoms with Crippen LogP contribution in [0, 0.1) is 0 Å². The number of aliphatic hydroxyl groups excluding tert-OH is 1. The SMILES string of the molecule is CCCCCOc1ccc(C2C(=C(O)c3ccc(OCCC)cc3)C(=O)C(=O)N2CCOC)cc1OCC. The summed E-state index contributed by atoms with van der Waals surface area (Å²) in [5.74, 6) is 0.117. The Bertz CT molecular complexity index is 1110. The number of methoxy groups -OCH3 is 1. The molecule has 38 heavy (non-hydrogen) atoms. The second-order valence-corrected chi connectivity index (χ2v) is 9.05. The van der Waals surface area contributed by atoms with E-state index in [1.54, 1.807) is 36.4 Å². The van der Waals surface area contributed by atoms with Crippen molar-refractivity contribution in [2.24, 2.45) is 0 Å². The molecule has 1 aliphatic heterocycles. The average Bonchev–Trinajstić information content (AvgIpc) is 3.18. The van der Waals surface area contributed by atoms with Crippen LogP contribution in [0.2, 0.25) is 0 Å². The number of likely N-dealkylation sites (tertiary alicyclic amines) is 1. The summed E-state index contributed by atoms with van der Waals surface area (Å²) < 4.78 is 22.6. The largest absolute Gasteiger partial charge is 0.507 e. The highest BCUT2D eigenvalue weighted by atomic mass is 16.5. The highest BCUT2D eigenvalue weighted by Gasteiger charge is 2.46. The monoisotopic (exact) mass is 525 g/mol. The summed E-state index contributed by atoms with van der Waals surface area (Å²) >= 11 is 0. The molecule has 1 unspecified atom stereocenters. The predicted octanol–water partition coefficient (Wildman–Crippen LogP) is 5.51. The number of benzene rings is 2. The van der Waals surface area contributed by atoms with Gasteiger partial charge >= 0.3 is 0 Å². The third-order valence-electron chi connectivity index (χ3n) is 6.27. The maximum atomic E-state index is 13.2. The number of aliphatic hydroxyl groups is 1. The fourth-order valence-electron chi connectivity index (χ4n) is 4.35. The van der Waals surface area contributed by atoms with Gasteiger partial charge in [-0.3, -0.25) is 9.59 Å². The second kappa shape index (κ2) is 14.4. The van der Waals surface area contributed by atoms with Crippen molar-refractivity contribution >= 4 is 17.4 Å². The first kappa shape index (κ1) is 29.0. The fraction of sp³-hybridized carbons (Fsp3) is 0.467. The van der Waals surface area contributed by atoms with Crippen LogP contribution in [0.25, 0.3) is 5.76 Å². The summed E-state index contributed by atoms with van der Waals surface area (Å²) in [6.07, 6.45) is 3.97. The van der Waals surface area contributed by atoms with Gasteiger partial charge in [0.2, 0.25) is 0 Å². The number of amides is 1. The minimum atomic E-state index is -0.811. The molecule has 8 nitrogen and oxygen atoms in total. The molecule has 2 aromatic rings. The zero-order valence-electron chi connectivity index (χ0n) is 22.8. The molecule has 0 saturated carbocycles. The highest BCUT2D eigenvalue weighted by Crippen LogP contribution is 2.42. The number of unbranched alkanes of at least 4 members (excludes halogenated alkanes) is 2. The Balaban J connectivity index is 2.04. The minimum absolute atomic E-state index is 0.0207. The van der Waals surface area contributed by atoms with Crippen molar-refractivity contribution in [2.45, 2.75) is 52.5 Å². The fourth-order valence-corrected chi connectivity index (χ4v) is 4.35. The van der Waals surface area contributed by atoms with Crippen LogP contribution in [-0.4, -0.2) is 61.8 Å². The van der Waals surface area contributed by atoms with E-state index in [9.17, 15) is 14.7 Å². The molecule has 2 aromatic carbocycles. The number of rotatable bonds is 15. The lowest BCUT2D eigenvalue weighted by molar-refractivity contribution is -0.140. The maximum absolute atomic E-state index is 13.2. The molecule has 1 atom stereocenters. The number of Topliss-reactive ketones (excluding diaryl/α,β-unsaturated/α-hetero) is 1. The van der Waals surface area contributed by atoms with Crippen LogP contribution >= 0.6 is 0 Å². The average molecular weight is 526 g/mol. The summed E-state index contributed by atoms with van der Waals surface area (Å²) in [4.78, 5) is 27.8. The molecule has 1 saturated heterocycles. The van der Waals surface area contributed by atoms with Crippen LogP contribution in [-0.2, 0) is 14.3 Å². The van der Waals surface area contributed by atoms with Crippen molar-refractivity contribution in [2.75, 3.05) is 40.1 Å². The van der Waals surface area contributed by atoms with Crippen molar-refractivity contribution in [1.82, 2.24) is 4.90 Å². The number of carbonyl (C=O) groups is 2. The molecule has 1 fully saturated rings. The van der Waals surface area contributed by atoms with Gasteiger partial charge in [-0.15, -0.1) is 0 Å². The summed E-state index contributed by atoms with van der Waals surface area (Å²) in [6.45, 7) is 8.03. The number of ketones is 1. The van der Waals surface area contributed by atoms with Gasteiger partial charge in [0, 0.05) is 19.2 Å². The Labute approximate surface area is 225 Å². The second-order valence-electron chi connectivity index (χ2n) is 9.05. The Morgan fingerprint density at radius 1 is 0.868 bits per heavy atom. The molecule has 0 radical (unpaired) electrons. The lowest BCUT2D eigenvalue weighted by Gasteiger charge is -2.26. The maximum Gasteiger partial charge on any atom is 0.295 e. The van der Waals surface area contributed by atoms with Crippen molar-refractivity contribution in [3.63, 3.8) is 0 Å². The van der Waals surface area contributed by atoms with Crippen LogP contribution in [0.3, 0.4) is 0 Å². The molecule has 1 aliphatic rings. The van der Waals surface area contributed by atoms with Gasteiger partial charge in [-0.2, -0.15) is 0 Å². The molecule has 0 spiro atoms. The molecule has 0 aromatic heterocycles. The number of carbonyl (C=O) groups excluding carboxylic acids is 2. The van der Waals surface area contributed by atoms with Gasteiger partial charge in [-0.1, -0.05) is 32.8 Å². The summed E-state index contributed by atoms with van der Waals surface area (Å²) in [5.41, 5.74) is 1.08. The van der Waals surface area contributed by atoms with Gasteiger partial charge in [0.15, 0.2) is 11.5 Å². The normalized spacial score (nSPS) is 16.6. The Kier molecular flexibility index (Phi) is 11.0. The van der Waals surface area contributed by atoms with E-state index in [-0.39, 0.29) is 24.5 Å². The minimum Gasteiger partial charge on any atom is -0.507 e. The van der Waals surface area contributed by atoms with Gasteiger partial charge in [0.1, 0.15) is 11.5 Å². The third kappa shape index (κ3) is 6.86. The zero-order chi connectivity index (χ0) is 27.5. The molecule has 0 aliphatic carbocycles. The zero-order valence-corrected chi connectivity index (χ0v) is 22.8. The van der Waals surface area contributed by atoms with E-state index >= 15 is 0 Å². The first-order valence-corrected chi connectivity index (χ1v) is 13.4. The Morgan fingerprint density at radius 2 is 1.63 bits per heavy atom. The van der Waals surface area contributed by atoms with Crippen LogP contribution in [0.1, 0.15) is 63.6 Å². The summed E-state index contributed by atoms with van der Waals surface area (Å²) in [7, 11) is 1.53. The molecule has 8 heteroatoms. The van der Waals surface area contributed by atoms with E-state index in [1.165, 1.54) is 12.0 Å². The molecule has 206 valence electrons. The standard InChI is InChI=1S/C30H39NO7/c1-5-8-9-18-38-24-15-12-22(20-25(24)36-7-3)27-26(29(33)30(34)31(27)16-19-35-4)28(32)21-10-13-23(14-11-21)37-17-6-2/h10-15,20,27,32H,5-9,16-19H2,1-4H3. The van der Waals surface area contributed by atoms with Crippen LogP contribution in [0.15, 0.2) is 48.0 Å². The number of ether oxygens (including phenoxy) is 4. The van der Waals surface area contributed by atoms with E-state index in [0.717, 1.165) is 25.7 Å². The molecule has 0 bridgehead atoms. The van der Waals surface area contributed by atoms with Crippen LogP contribution < -0.4 is 14.2 Å². The van der Waals surface area contributed by atoms with Crippen LogP contribution in [0.5, 0.6) is 17.2 Å². The van der Waals surface area contributed by atoms with Crippen molar-refractivity contribution in [3.05, 3.63) is 59.2 Å². The highest BCUT2D eigenvalue weighted by molar-refractivity contribution is 6.46. The van der Waals surface area contributed by atoms with E-state index in [1.807, 2.05) is 19.9 Å². The van der Waals surface area contributed by atoms with E-state index in [0.29, 0.717) is 48.2 Å².